The molecule has 1 aromatic heterocycles. The lowest BCUT2D eigenvalue weighted by Gasteiger charge is -2.40. The van der Waals surface area contributed by atoms with Gasteiger partial charge in [0.1, 0.15) is 13.7 Å². The molecule has 0 radical (unpaired) electrons. The molecule has 8 heteroatoms. The maximum Gasteiger partial charge on any atom is 0.254 e. The highest BCUT2D eigenvalue weighted by Gasteiger charge is 2.36. The average Bonchev–Trinajstić information content (AvgIpc) is 2.40. The van der Waals surface area contributed by atoms with Crippen molar-refractivity contribution in [2.45, 2.75) is 64.0 Å². The summed E-state index contributed by atoms with van der Waals surface area (Å²) in [5.74, 6) is 0.524. The van der Waals surface area contributed by atoms with Crippen LogP contribution in [0.15, 0.2) is 6.20 Å². The molecule has 0 spiro atoms. The van der Waals surface area contributed by atoms with Crippen LogP contribution in [0.4, 0.5) is 11.8 Å². The summed E-state index contributed by atoms with van der Waals surface area (Å²) in [4.78, 5) is 20.3. The van der Waals surface area contributed by atoms with E-state index in [9.17, 15) is 9.90 Å². The van der Waals surface area contributed by atoms with Gasteiger partial charge in [-0.25, -0.2) is 4.98 Å². The van der Waals surface area contributed by atoms with Crippen LogP contribution >= 0.6 is 0 Å². The lowest BCUT2D eigenvalue weighted by Crippen LogP contribution is -2.46. The Kier molecular flexibility index (Phi) is 5.08. The predicted molar refractivity (Wildman–Crippen MR) is 97.8 cm³/mol. The summed E-state index contributed by atoms with van der Waals surface area (Å²) in [5, 5.41) is 17.0. The third-order valence-corrected chi connectivity index (χ3v) is 4.55. The second-order valence-corrected chi connectivity index (χ2v) is 8.08. The topological polar surface area (TPSA) is 113 Å². The molecule has 0 saturated heterocycles. The summed E-state index contributed by atoms with van der Waals surface area (Å²) < 4.78 is 0. The number of aromatic nitrogens is 2. The molecule has 1 fully saturated rings. The first-order chi connectivity index (χ1) is 11.0. The van der Waals surface area contributed by atoms with Crippen molar-refractivity contribution in [1.29, 1.82) is 0 Å². The Morgan fingerprint density at radius 1 is 1.46 bits per heavy atom. The standard InChI is InChI=1S/C16H28BN5O2/c1-9-5-6-10(7-16(9,17)24)20-13-11(12(18)23)8-19-14(21-13)22-15(2,3)4/h8-10,24H,5-7,17H2,1-4H3,(H2,18,23)(H2,19,20,21,22). The van der Waals surface area contributed by atoms with E-state index in [4.69, 9.17) is 5.73 Å². The number of hydrogen-bond acceptors (Lipinski definition) is 6. The zero-order chi connectivity index (χ0) is 18.1. The molecular weight excluding hydrogens is 305 g/mol. The SMILES string of the molecule is BC1(O)CC(Nc2nc(NC(C)(C)C)ncc2C(N)=O)CCC1C. The molecule has 132 valence electrons. The molecule has 0 bridgehead atoms. The summed E-state index contributed by atoms with van der Waals surface area (Å²) in [6, 6.07) is 0.0340. The summed E-state index contributed by atoms with van der Waals surface area (Å²) >= 11 is 0. The van der Waals surface area contributed by atoms with E-state index in [0.29, 0.717) is 18.2 Å². The second-order valence-electron chi connectivity index (χ2n) is 8.08. The molecule has 1 aromatic rings. The molecule has 3 unspecified atom stereocenters. The van der Waals surface area contributed by atoms with E-state index in [-0.39, 0.29) is 23.1 Å². The van der Waals surface area contributed by atoms with Gasteiger partial charge < -0.3 is 21.5 Å². The van der Waals surface area contributed by atoms with Gasteiger partial charge in [0.25, 0.3) is 5.91 Å². The van der Waals surface area contributed by atoms with Crippen molar-refractivity contribution < 1.29 is 9.90 Å². The Balaban J connectivity index is 2.23. The molecule has 1 aliphatic carbocycles. The Bertz CT molecular complexity index is 615. The Labute approximate surface area is 144 Å². The van der Waals surface area contributed by atoms with E-state index in [2.05, 4.69) is 27.5 Å². The third-order valence-electron chi connectivity index (χ3n) is 4.55. The Hall–Kier alpha value is -1.83. The number of nitrogens with zero attached hydrogens (tertiary/aromatic N) is 2. The maximum atomic E-state index is 11.7. The van der Waals surface area contributed by atoms with Gasteiger partial charge in [-0.2, -0.15) is 4.98 Å². The molecule has 7 nitrogen and oxygen atoms in total. The van der Waals surface area contributed by atoms with Gasteiger partial charge in [0, 0.05) is 23.3 Å². The van der Waals surface area contributed by atoms with Gasteiger partial charge in [-0.05, 0) is 46.0 Å². The van der Waals surface area contributed by atoms with Crippen LogP contribution in [-0.2, 0) is 0 Å². The van der Waals surface area contributed by atoms with E-state index in [1.807, 2.05) is 28.6 Å². The highest BCUT2D eigenvalue weighted by molar-refractivity contribution is 6.14. The number of hydrogen-bond donors (Lipinski definition) is 4. The number of primary amides is 1. The van der Waals surface area contributed by atoms with E-state index in [0.717, 1.165) is 12.8 Å². The van der Waals surface area contributed by atoms with Crippen molar-refractivity contribution in [3.8, 4) is 0 Å². The van der Waals surface area contributed by atoms with E-state index >= 15 is 0 Å². The highest BCUT2D eigenvalue weighted by atomic mass is 16.3. The smallest absolute Gasteiger partial charge is 0.254 e. The lowest BCUT2D eigenvalue weighted by molar-refractivity contribution is 0.0315. The molecule has 1 aliphatic rings. The highest BCUT2D eigenvalue weighted by Crippen LogP contribution is 2.33. The van der Waals surface area contributed by atoms with Gasteiger partial charge in [0.15, 0.2) is 0 Å². The molecule has 1 heterocycles. The predicted octanol–water partition coefficient (Wildman–Crippen LogP) is 0.708. The van der Waals surface area contributed by atoms with Gasteiger partial charge in [-0.15, -0.1) is 0 Å². The minimum atomic E-state index is -0.734. The number of nitrogens with one attached hydrogen (secondary N) is 2. The Morgan fingerprint density at radius 3 is 2.67 bits per heavy atom. The van der Waals surface area contributed by atoms with Crippen LogP contribution < -0.4 is 16.4 Å². The Morgan fingerprint density at radius 2 is 2.12 bits per heavy atom. The molecule has 24 heavy (non-hydrogen) atoms. The number of carbonyl (C=O) groups excluding carboxylic acids is 1. The lowest BCUT2D eigenvalue weighted by atomic mass is 9.63. The van der Waals surface area contributed by atoms with Gasteiger partial charge in [-0.1, -0.05) is 6.92 Å². The first-order valence-corrected chi connectivity index (χ1v) is 8.42. The second kappa shape index (κ2) is 6.59. The average molecular weight is 333 g/mol. The quantitative estimate of drug-likeness (QED) is 0.604. The zero-order valence-corrected chi connectivity index (χ0v) is 15.2. The number of rotatable bonds is 4. The van der Waals surface area contributed by atoms with Gasteiger partial charge in [-0.3, -0.25) is 4.79 Å². The monoisotopic (exact) mass is 333 g/mol. The fourth-order valence-corrected chi connectivity index (χ4v) is 2.95. The minimum Gasteiger partial charge on any atom is -0.399 e. The number of nitrogens with two attached hydrogens (primary N) is 1. The first kappa shape index (κ1) is 18.5. The molecule has 0 aromatic carbocycles. The maximum absolute atomic E-state index is 11.7. The molecule has 1 amide bonds. The van der Waals surface area contributed by atoms with Crippen LogP contribution in [0.25, 0.3) is 0 Å². The van der Waals surface area contributed by atoms with Gasteiger partial charge in [0.05, 0.1) is 5.56 Å². The normalized spacial score (nSPS) is 27.5. The zero-order valence-electron chi connectivity index (χ0n) is 15.2. The fourth-order valence-electron chi connectivity index (χ4n) is 2.95. The molecule has 0 aliphatic heterocycles. The number of carbonyl (C=O) groups is 1. The van der Waals surface area contributed by atoms with Gasteiger partial charge in [0.2, 0.25) is 5.95 Å². The largest absolute Gasteiger partial charge is 0.399 e. The van der Waals surface area contributed by atoms with Crippen LogP contribution in [0.2, 0.25) is 0 Å². The number of amides is 1. The summed E-state index contributed by atoms with van der Waals surface area (Å²) in [6.45, 7) is 8.07. The van der Waals surface area contributed by atoms with Gasteiger partial charge >= 0.3 is 0 Å². The van der Waals surface area contributed by atoms with E-state index < -0.39 is 11.4 Å². The third kappa shape index (κ3) is 4.60. The van der Waals surface area contributed by atoms with Crippen molar-refractivity contribution in [3.63, 3.8) is 0 Å². The molecule has 5 N–H and O–H groups in total. The van der Waals surface area contributed by atoms with Crippen molar-refractivity contribution in [2.24, 2.45) is 11.7 Å². The van der Waals surface area contributed by atoms with Crippen molar-refractivity contribution in [2.75, 3.05) is 10.6 Å². The summed E-state index contributed by atoms with van der Waals surface area (Å²) in [5.41, 5.74) is 4.77. The number of aliphatic hydroxyl groups is 1. The molecule has 1 saturated carbocycles. The summed E-state index contributed by atoms with van der Waals surface area (Å²) in [6.07, 6.45) is 3.85. The molecular formula is C16H28BN5O2. The van der Waals surface area contributed by atoms with Crippen LogP contribution in [0.1, 0.15) is 57.3 Å². The number of anilines is 2. The first-order valence-electron chi connectivity index (χ1n) is 8.42. The van der Waals surface area contributed by atoms with Crippen LogP contribution in [0.3, 0.4) is 0 Å². The summed E-state index contributed by atoms with van der Waals surface area (Å²) in [7, 11) is 1.85. The van der Waals surface area contributed by atoms with E-state index in [1.54, 1.807) is 0 Å². The van der Waals surface area contributed by atoms with E-state index in [1.165, 1.54) is 6.20 Å². The molecule has 2 rings (SSSR count). The minimum absolute atomic E-state index is 0.0340. The van der Waals surface area contributed by atoms with Crippen molar-refractivity contribution in [1.82, 2.24) is 9.97 Å². The molecule has 3 atom stereocenters. The fraction of sp³-hybridized carbons (Fsp3) is 0.688. The van der Waals surface area contributed by atoms with Crippen molar-refractivity contribution in [3.05, 3.63) is 11.8 Å². The van der Waals surface area contributed by atoms with Crippen LogP contribution in [0.5, 0.6) is 0 Å². The van der Waals surface area contributed by atoms with Crippen LogP contribution in [-0.4, -0.2) is 45.9 Å². The van der Waals surface area contributed by atoms with Crippen molar-refractivity contribution >= 4 is 25.5 Å². The van der Waals surface area contributed by atoms with Crippen LogP contribution in [0, 0.1) is 5.92 Å².